The fourth-order valence-electron chi connectivity index (χ4n) is 1.49. The van der Waals surface area contributed by atoms with Gasteiger partial charge < -0.3 is 14.3 Å². The third-order valence-electron chi connectivity index (χ3n) is 2.42. The van der Waals surface area contributed by atoms with Gasteiger partial charge in [0.1, 0.15) is 0 Å². The van der Waals surface area contributed by atoms with Crippen molar-refractivity contribution >= 4 is 15.9 Å². The second-order valence-corrected chi connectivity index (χ2v) is 4.60. The van der Waals surface area contributed by atoms with E-state index >= 15 is 0 Å². The molecule has 2 N–H and O–H groups in total. The molecular formula is C10H8BrF4NO3. The Kier molecular flexibility index (Phi) is 3.63. The molecule has 0 aliphatic carbocycles. The van der Waals surface area contributed by atoms with Crippen LogP contribution in [0.15, 0.2) is 16.6 Å². The Morgan fingerprint density at radius 1 is 1.11 bits per heavy atom. The van der Waals surface area contributed by atoms with E-state index in [0.717, 1.165) is 6.07 Å². The van der Waals surface area contributed by atoms with E-state index in [1.165, 1.54) is 6.07 Å². The second-order valence-electron chi connectivity index (χ2n) is 3.75. The molecule has 4 nitrogen and oxygen atoms in total. The van der Waals surface area contributed by atoms with Crippen LogP contribution in [-0.2, 0) is 11.3 Å². The average molecular weight is 346 g/mol. The molecule has 1 aliphatic rings. The lowest BCUT2D eigenvalue weighted by atomic mass is 10.1. The molecule has 1 aromatic carbocycles. The normalized spacial score (nSPS) is 19.3. The number of nitrogens with two attached hydrogens (primary N) is 1. The van der Waals surface area contributed by atoms with Gasteiger partial charge in [0.05, 0.1) is 6.61 Å². The van der Waals surface area contributed by atoms with E-state index < -0.39 is 23.7 Å². The molecule has 1 aromatic rings. The van der Waals surface area contributed by atoms with Crippen LogP contribution in [0.25, 0.3) is 0 Å². The smallest absolute Gasteiger partial charge is 0.421 e. The minimum atomic E-state index is -4.73. The van der Waals surface area contributed by atoms with E-state index in [9.17, 15) is 17.6 Å². The first kappa shape index (κ1) is 14.4. The van der Waals surface area contributed by atoms with Gasteiger partial charge in [0.2, 0.25) is 0 Å². The van der Waals surface area contributed by atoms with Gasteiger partial charge in [0.15, 0.2) is 11.5 Å². The Morgan fingerprint density at radius 3 is 2.16 bits per heavy atom. The van der Waals surface area contributed by atoms with Gasteiger partial charge in [-0.15, -0.1) is 0 Å². The maximum atomic E-state index is 13.0. The molecule has 19 heavy (non-hydrogen) atoms. The highest BCUT2D eigenvalue weighted by atomic mass is 79.9. The van der Waals surface area contributed by atoms with Crippen molar-refractivity contribution in [3.05, 3.63) is 22.2 Å². The molecule has 2 rings (SSSR count). The Labute approximate surface area is 113 Å². The van der Waals surface area contributed by atoms with Gasteiger partial charge in [-0.25, -0.2) is 5.90 Å². The molecule has 0 bridgehead atoms. The van der Waals surface area contributed by atoms with Crippen molar-refractivity contribution in [3.8, 4) is 11.5 Å². The van der Waals surface area contributed by atoms with Crippen molar-refractivity contribution in [2.75, 3.05) is 6.61 Å². The lowest BCUT2D eigenvalue weighted by molar-refractivity contribution is -0.391. The number of rotatable bonds is 3. The maximum Gasteiger partial charge on any atom is 0.507 e. The number of benzene rings is 1. The monoisotopic (exact) mass is 345 g/mol. The molecule has 0 aromatic heterocycles. The maximum absolute atomic E-state index is 13.0. The Morgan fingerprint density at radius 2 is 1.63 bits per heavy atom. The molecule has 1 aliphatic heterocycles. The molecule has 0 radical (unpaired) electrons. The molecular weight excluding hydrogens is 338 g/mol. The van der Waals surface area contributed by atoms with Crippen molar-refractivity contribution in [2.45, 2.75) is 18.6 Å². The predicted molar refractivity (Wildman–Crippen MR) is 59.1 cm³/mol. The summed E-state index contributed by atoms with van der Waals surface area (Å²) in [4.78, 5) is 4.36. The first-order valence-electron chi connectivity index (χ1n) is 5.04. The van der Waals surface area contributed by atoms with E-state index in [4.69, 9.17) is 5.90 Å². The molecule has 0 spiro atoms. The summed E-state index contributed by atoms with van der Waals surface area (Å²) in [6.45, 7) is 0.130. The Balaban J connectivity index is 2.37. The Bertz CT molecular complexity index is 498. The summed E-state index contributed by atoms with van der Waals surface area (Å²) >= 11 is 3.11. The summed E-state index contributed by atoms with van der Waals surface area (Å²) in [6, 6.07) is 2.30. The van der Waals surface area contributed by atoms with Crippen LogP contribution in [0.1, 0.15) is 5.56 Å². The summed E-state index contributed by atoms with van der Waals surface area (Å²) in [7, 11) is 0. The number of hydrogen-bond acceptors (Lipinski definition) is 4. The van der Waals surface area contributed by atoms with Gasteiger partial charge in [0, 0.05) is 4.47 Å². The molecule has 9 heteroatoms. The van der Waals surface area contributed by atoms with Crippen LogP contribution in [0.3, 0.4) is 0 Å². The van der Waals surface area contributed by atoms with Gasteiger partial charge in [-0.2, -0.15) is 17.6 Å². The number of ether oxygens (including phenoxy) is 2. The van der Waals surface area contributed by atoms with E-state index in [0.29, 0.717) is 10.0 Å². The van der Waals surface area contributed by atoms with Crippen molar-refractivity contribution in [1.82, 2.24) is 0 Å². The highest BCUT2D eigenvalue weighted by molar-refractivity contribution is 9.10. The quantitative estimate of drug-likeness (QED) is 0.676. The van der Waals surface area contributed by atoms with Crippen LogP contribution in [0.5, 0.6) is 11.5 Å². The van der Waals surface area contributed by atoms with Crippen LogP contribution in [0, 0.1) is 0 Å². The topological polar surface area (TPSA) is 53.7 Å². The van der Waals surface area contributed by atoms with Crippen molar-refractivity contribution in [2.24, 2.45) is 5.90 Å². The summed E-state index contributed by atoms with van der Waals surface area (Å²) < 4.78 is 60.3. The van der Waals surface area contributed by atoms with Gasteiger partial charge in [-0.3, -0.25) is 0 Å². The van der Waals surface area contributed by atoms with Crippen molar-refractivity contribution in [3.63, 3.8) is 0 Å². The van der Waals surface area contributed by atoms with Gasteiger partial charge in [-0.1, -0.05) is 15.9 Å². The molecule has 1 heterocycles. The van der Waals surface area contributed by atoms with Gasteiger partial charge in [-0.05, 0) is 24.1 Å². The van der Waals surface area contributed by atoms with Crippen molar-refractivity contribution in [1.29, 1.82) is 0 Å². The molecule has 0 unspecified atom stereocenters. The molecule has 0 saturated carbocycles. The third kappa shape index (κ3) is 2.63. The fourth-order valence-corrected chi connectivity index (χ4v) is 2.01. The number of fused-ring (bicyclic) bond motifs is 1. The highest BCUT2D eigenvalue weighted by Gasteiger charge is 2.66. The predicted octanol–water partition coefficient (Wildman–Crippen LogP) is 2.84. The first-order chi connectivity index (χ1) is 8.77. The van der Waals surface area contributed by atoms with Crippen molar-refractivity contribution < 1.29 is 31.9 Å². The molecule has 0 atom stereocenters. The van der Waals surface area contributed by atoms with E-state index in [-0.39, 0.29) is 13.0 Å². The van der Waals surface area contributed by atoms with Gasteiger partial charge >= 0.3 is 12.2 Å². The van der Waals surface area contributed by atoms with Crippen LogP contribution in [0.4, 0.5) is 17.6 Å². The van der Waals surface area contributed by atoms with E-state index in [1.807, 2.05) is 0 Å². The molecule has 0 saturated heterocycles. The van der Waals surface area contributed by atoms with Gasteiger partial charge in [0.25, 0.3) is 0 Å². The molecule has 0 fully saturated rings. The zero-order chi connectivity index (χ0) is 14.3. The first-order valence-corrected chi connectivity index (χ1v) is 5.84. The number of halogens is 5. The van der Waals surface area contributed by atoms with Crippen LogP contribution < -0.4 is 15.4 Å². The van der Waals surface area contributed by atoms with E-state index in [2.05, 4.69) is 30.2 Å². The van der Waals surface area contributed by atoms with E-state index in [1.54, 1.807) is 0 Å². The second kappa shape index (κ2) is 4.80. The average Bonchev–Trinajstić information content (AvgIpc) is 2.28. The lowest BCUT2D eigenvalue weighted by Gasteiger charge is -2.32. The summed E-state index contributed by atoms with van der Waals surface area (Å²) in [5.41, 5.74) is 0.508. The largest absolute Gasteiger partial charge is 0.507 e. The minimum absolute atomic E-state index is 0.130. The fraction of sp³-hybridized carbons (Fsp3) is 0.400. The summed E-state index contributed by atoms with van der Waals surface area (Å²) in [5, 5.41) is 0. The zero-order valence-corrected chi connectivity index (χ0v) is 10.8. The summed E-state index contributed by atoms with van der Waals surface area (Å²) in [5.74, 6) is 3.91. The number of hydrogen-bond donors (Lipinski definition) is 1. The standard InChI is InChI=1S/C10H8BrF4NO3/c11-6-4-8-7(3-5(6)1-2-17-16)18-9(12,13)10(14,15)19-8/h3-4H,1-2,16H2. The lowest BCUT2D eigenvalue weighted by Crippen LogP contribution is -2.52. The van der Waals surface area contributed by atoms with Crippen LogP contribution in [-0.4, -0.2) is 18.8 Å². The molecule has 0 amide bonds. The van der Waals surface area contributed by atoms with Crippen LogP contribution >= 0.6 is 15.9 Å². The number of alkyl halides is 4. The third-order valence-corrected chi connectivity index (χ3v) is 3.16. The zero-order valence-electron chi connectivity index (χ0n) is 9.26. The highest BCUT2D eigenvalue weighted by Crippen LogP contribution is 2.48. The molecule has 106 valence electrons. The van der Waals surface area contributed by atoms with Crippen LogP contribution in [0.2, 0.25) is 0 Å². The summed E-state index contributed by atoms with van der Waals surface area (Å²) in [6.07, 6.45) is -9.16. The Hall–Kier alpha value is -1.06. The SMILES string of the molecule is NOCCc1cc2c(cc1Br)OC(F)(F)C(F)(F)O2. The minimum Gasteiger partial charge on any atom is -0.421 e.